The third-order valence-corrected chi connectivity index (χ3v) is 2.17. The maximum Gasteiger partial charge on any atom is 0.404 e. The Labute approximate surface area is 88.6 Å². The van der Waals surface area contributed by atoms with Gasteiger partial charge < -0.3 is 15.5 Å². The Morgan fingerprint density at radius 3 is 2.53 bits per heavy atom. The summed E-state index contributed by atoms with van der Waals surface area (Å²) in [6.07, 6.45) is 0.265. The minimum absolute atomic E-state index is 0.168. The van der Waals surface area contributed by atoms with Crippen LogP contribution in [0.1, 0.15) is 12.0 Å². The monoisotopic (exact) mass is 209 g/mol. The molecule has 0 bridgehead atoms. The number of aliphatic hydroxyl groups is 1. The van der Waals surface area contributed by atoms with E-state index >= 15 is 0 Å². The van der Waals surface area contributed by atoms with Crippen LogP contribution in [0.15, 0.2) is 30.3 Å². The summed E-state index contributed by atoms with van der Waals surface area (Å²) in [6.45, 7) is -0.168. The molecule has 1 aromatic rings. The van der Waals surface area contributed by atoms with Crippen molar-refractivity contribution >= 4 is 6.09 Å². The highest BCUT2D eigenvalue weighted by Crippen LogP contribution is 2.04. The zero-order valence-corrected chi connectivity index (χ0v) is 8.39. The van der Waals surface area contributed by atoms with Gasteiger partial charge in [-0.05, 0) is 18.4 Å². The molecule has 15 heavy (non-hydrogen) atoms. The van der Waals surface area contributed by atoms with Crippen molar-refractivity contribution < 1.29 is 15.0 Å². The molecule has 1 rings (SSSR count). The van der Waals surface area contributed by atoms with Gasteiger partial charge in [0.05, 0.1) is 12.6 Å². The summed E-state index contributed by atoms with van der Waals surface area (Å²) < 4.78 is 0. The summed E-state index contributed by atoms with van der Waals surface area (Å²) in [6, 6.07) is 9.39. The molecule has 0 saturated carbocycles. The first kappa shape index (κ1) is 11.5. The molecular formula is C11H15NO3. The molecule has 0 fully saturated rings. The van der Waals surface area contributed by atoms with E-state index in [1.165, 1.54) is 0 Å². The highest BCUT2D eigenvalue weighted by atomic mass is 16.4. The van der Waals surface area contributed by atoms with Gasteiger partial charge >= 0.3 is 6.09 Å². The molecule has 1 atom stereocenters. The number of hydrogen-bond donors (Lipinski definition) is 3. The lowest BCUT2D eigenvalue weighted by atomic mass is 10.1. The van der Waals surface area contributed by atoms with Crippen molar-refractivity contribution in [2.75, 3.05) is 6.61 Å². The van der Waals surface area contributed by atoms with E-state index in [1.54, 1.807) is 0 Å². The molecule has 1 aromatic carbocycles. The fourth-order valence-corrected chi connectivity index (χ4v) is 1.37. The molecule has 1 amide bonds. The Kier molecular flexibility index (Phi) is 4.63. The molecule has 3 N–H and O–H groups in total. The first-order chi connectivity index (χ1) is 7.22. The molecule has 0 aliphatic carbocycles. The number of rotatable bonds is 5. The molecule has 82 valence electrons. The van der Waals surface area contributed by atoms with Gasteiger partial charge in [0, 0.05) is 0 Å². The summed E-state index contributed by atoms with van der Waals surface area (Å²) in [5, 5.41) is 19.7. The van der Waals surface area contributed by atoms with Crippen LogP contribution in [0.3, 0.4) is 0 Å². The summed E-state index contributed by atoms with van der Waals surface area (Å²) in [5.74, 6) is 0. The van der Waals surface area contributed by atoms with E-state index in [9.17, 15) is 4.79 Å². The number of carboxylic acid groups (broad SMARTS) is 1. The zero-order chi connectivity index (χ0) is 11.1. The molecule has 4 nitrogen and oxygen atoms in total. The first-order valence-corrected chi connectivity index (χ1v) is 4.86. The maximum absolute atomic E-state index is 10.4. The van der Waals surface area contributed by atoms with Crippen LogP contribution < -0.4 is 5.32 Å². The Morgan fingerprint density at radius 2 is 2.00 bits per heavy atom. The molecule has 0 aliphatic heterocycles. The SMILES string of the molecule is O=C(O)N[C@H](CO)CCc1ccccc1. The number of aliphatic hydroxyl groups excluding tert-OH is 1. The summed E-state index contributed by atoms with van der Waals surface area (Å²) >= 11 is 0. The van der Waals surface area contributed by atoms with Crippen LogP contribution >= 0.6 is 0 Å². The first-order valence-electron chi connectivity index (χ1n) is 4.86. The standard InChI is InChI=1S/C11H15NO3/c13-8-10(12-11(14)15)7-6-9-4-2-1-3-5-9/h1-5,10,12-13H,6-8H2,(H,14,15)/t10-/m0/s1. The molecule has 0 aromatic heterocycles. The fraction of sp³-hybridized carbons (Fsp3) is 0.364. The maximum atomic E-state index is 10.4. The fourth-order valence-electron chi connectivity index (χ4n) is 1.37. The lowest BCUT2D eigenvalue weighted by molar-refractivity contribution is 0.175. The minimum atomic E-state index is -1.10. The average Bonchev–Trinajstić information content (AvgIpc) is 2.25. The van der Waals surface area contributed by atoms with E-state index in [0.29, 0.717) is 6.42 Å². The van der Waals surface area contributed by atoms with Gasteiger partial charge in [-0.25, -0.2) is 4.79 Å². The van der Waals surface area contributed by atoms with Crippen LogP contribution in [0.2, 0.25) is 0 Å². The van der Waals surface area contributed by atoms with Crippen molar-refractivity contribution in [3.8, 4) is 0 Å². The quantitative estimate of drug-likeness (QED) is 0.683. The molecule has 0 heterocycles. The van der Waals surface area contributed by atoms with Gasteiger partial charge in [-0.2, -0.15) is 0 Å². The third-order valence-electron chi connectivity index (χ3n) is 2.17. The van der Waals surface area contributed by atoms with Crippen molar-refractivity contribution in [2.24, 2.45) is 0 Å². The largest absolute Gasteiger partial charge is 0.465 e. The zero-order valence-electron chi connectivity index (χ0n) is 8.39. The van der Waals surface area contributed by atoms with Gasteiger partial charge in [0.25, 0.3) is 0 Å². The van der Waals surface area contributed by atoms with Crippen molar-refractivity contribution in [3.63, 3.8) is 0 Å². The molecule has 0 saturated heterocycles. The molecule has 0 unspecified atom stereocenters. The van der Waals surface area contributed by atoms with Gasteiger partial charge in [-0.3, -0.25) is 0 Å². The number of amides is 1. The van der Waals surface area contributed by atoms with Crippen LogP contribution in [0.25, 0.3) is 0 Å². The predicted molar refractivity (Wildman–Crippen MR) is 56.8 cm³/mol. The second-order valence-corrected chi connectivity index (χ2v) is 3.35. The number of hydrogen-bond acceptors (Lipinski definition) is 2. The second kappa shape index (κ2) is 6.03. The summed E-state index contributed by atoms with van der Waals surface area (Å²) in [4.78, 5) is 10.4. The summed E-state index contributed by atoms with van der Waals surface area (Å²) in [5.41, 5.74) is 1.14. The summed E-state index contributed by atoms with van der Waals surface area (Å²) in [7, 11) is 0. The third kappa shape index (κ3) is 4.46. The molecular weight excluding hydrogens is 194 g/mol. The van der Waals surface area contributed by atoms with Gasteiger partial charge in [0.2, 0.25) is 0 Å². The van der Waals surface area contributed by atoms with Crippen LogP contribution in [0.5, 0.6) is 0 Å². The second-order valence-electron chi connectivity index (χ2n) is 3.35. The molecule has 0 radical (unpaired) electrons. The minimum Gasteiger partial charge on any atom is -0.465 e. The van der Waals surface area contributed by atoms with Crippen molar-refractivity contribution in [1.29, 1.82) is 0 Å². The number of benzene rings is 1. The van der Waals surface area contributed by atoms with Gasteiger partial charge in [0.15, 0.2) is 0 Å². The van der Waals surface area contributed by atoms with E-state index in [1.807, 2.05) is 30.3 Å². The Balaban J connectivity index is 2.37. The van der Waals surface area contributed by atoms with Crippen molar-refractivity contribution in [3.05, 3.63) is 35.9 Å². The lowest BCUT2D eigenvalue weighted by Gasteiger charge is -2.13. The highest BCUT2D eigenvalue weighted by molar-refractivity contribution is 5.64. The predicted octanol–water partition coefficient (Wildman–Crippen LogP) is 1.25. The van der Waals surface area contributed by atoms with Crippen LogP contribution in [-0.2, 0) is 6.42 Å². The average molecular weight is 209 g/mol. The van der Waals surface area contributed by atoms with Gasteiger partial charge in [0.1, 0.15) is 0 Å². The lowest BCUT2D eigenvalue weighted by Crippen LogP contribution is -2.36. The van der Waals surface area contributed by atoms with Crippen LogP contribution in [-0.4, -0.2) is 29.0 Å². The number of carbonyl (C=O) groups is 1. The molecule has 0 aliphatic rings. The van der Waals surface area contributed by atoms with Crippen LogP contribution in [0.4, 0.5) is 4.79 Å². The van der Waals surface area contributed by atoms with Crippen LogP contribution in [0, 0.1) is 0 Å². The van der Waals surface area contributed by atoms with Crippen molar-refractivity contribution in [1.82, 2.24) is 5.32 Å². The van der Waals surface area contributed by atoms with E-state index in [0.717, 1.165) is 12.0 Å². The normalized spacial score (nSPS) is 12.1. The van der Waals surface area contributed by atoms with E-state index < -0.39 is 6.09 Å². The van der Waals surface area contributed by atoms with E-state index in [4.69, 9.17) is 10.2 Å². The Hall–Kier alpha value is -1.55. The number of nitrogens with one attached hydrogen (secondary N) is 1. The van der Waals surface area contributed by atoms with Crippen molar-refractivity contribution in [2.45, 2.75) is 18.9 Å². The number of aryl methyl sites for hydroxylation is 1. The van der Waals surface area contributed by atoms with Gasteiger partial charge in [-0.1, -0.05) is 30.3 Å². The topological polar surface area (TPSA) is 69.6 Å². The van der Waals surface area contributed by atoms with Gasteiger partial charge in [-0.15, -0.1) is 0 Å². The molecule has 0 spiro atoms. The Morgan fingerprint density at radius 1 is 1.33 bits per heavy atom. The molecule has 4 heteroatoms. The highest BCUT2D eigenvalue weighted by Gasteiger charge is 2.09. The smallest absolute Gasteiger partial charge is 0.404 e. The van der Waals surface area contributed by atoms with E-state index in [-0.39, 0.29) is 12.6 Å². The van der Waals surface area contributed by atoms with E-state index in [2.05, 4.69) is 5.32 Å². The Bertz CT molecular complexity index is 300.